The van der Waals surface area contributed by atoms with E-state index < -0.39 is 11.5 Å². The number of aliphatic carboxylic acids is 1. The molecule has 0 radical (unpaired) electrons. The third kappa shape index (κ3) is 2.07. The summed E-state index contributed by atoms with van der Waals surface area (Å²) in [6.45, 7) is 6.05. The summed E-state index contributed by atoms with van der Waals surface area (Å²) in [6, 6.07) is 0. The van der Waals surface area contributed by atoms with Crippen molar-refractivity contribution in [1.29, 1.82) is 0 Å². The molecule has 94 valence electrons. The largest absolute Gasteiger partial charge is 0.480 e. The number of carbonyl (C=O) groups is 1. The average molecular weight is 237 g/mol. The fourth-order valence-corrected chi connectivity index (χ4v) is 2.48. The fraction of sp³-hybridized carbons (Fsp3) is 0.667. The van der Waals surface area contributed by atoms with Gasteiger partial charge in [0.25, 0.3) is 0 Å². The highest BCUT2D eigenvalue weighted by Gasteiger charge is 2.40. The van der Waals surface area contributed by atoms with Crippen molar-refractivity contribution in [2.24, 2.45) is 0 Å². The van der Waals surface area contributed by atoms with E-state index >= 15 is 0 Å². The molecule has 0 spiro atoms. The van der Waals surface area contributed by atoms with Crippen LogP contribution in [0.25, 0.3) is 0 Å². The molecule has 5 heteroatoms. The lowest BCUT2D eigenvalue weighted by Gasteiger charge is -2.40. The summed E-state index contributed by atoms with van der Waals surface area (Å²) in [6.07, 6.45) is 5.26. The van der Waals surface area contributed by atoms with Gasteiger partial charge in [-0.15, -0.1) is 0 Å². The fourth-order valence-electron chi connectivity index (χ4n) is 2.48. The van der Waals surface area contributed by atoms with E-state index in [4.69, 9.17) is 0 Å². The second-order valence-corrected chi connectivity index (χ2v) is 4.79. The Morgan fingerprint density at radius 3 is 3.00 bits per heavy atom. The van der Waals surface area contributed by atoms with Crippen molar-refractivity contribution < 1.29 is 9.90 Å². The second-order valence-electron chi connectivity index (χ2n) is 4.79. The average Bonchev–Trinajstić information content (AvgIpc) is 2.75. The molecule has 0 amide bonds. The van der Waals surface area contributed by atoms with E-state index in [1.54, 1.807) is 6.20 Å². The normalized spacial score (nSPS) is 19.6. The third-order valence-corrected chi connectivity index (χ3v) is 3.64. The first-order valence-electron chi connectivity index (χ1n) is 6.06. The number of nitrogens with zero attached hydrogens (tertiary/aromatic N) is 3. The lowest BCUT2D eigenvalue weighted by molar-refractivity contribution is -0.152. The summed E-state index contributed by atoms with van der Waals surface area (Å²) in [7, 11) is 0. The van der Waals surface area contributed by atoms with Crippen molar-refractivity contribution in [3.05, 3.63) is 18.2 Å². The molecule has 0 aromatic carbocycles. The van der Waals surface area contributed by atoms with Gasteiger partial charge in [-0.25, -0.2) is 4.98 Å². The minimum atomic E-state index is -0.772. The van der Waals surface area contributed by atoms with Crippen LogP contribution in [0.2, 0.25) is 0 Å². The molecule has 0 aliphatic carbocycles. The van der Waals surface area contributed by atoms with Crippen LogP contribution in [-0.4, -0.2) is 37.6 Å². The Hall–Kier alpha value is -1.36. The van der Waals surface area contributed by atoms with E-state index in [0.29, 0.717) is 13.0 Å². The molecule has 1 aromatic rings. The van der Waals surface area contributed by atoms with E-state index in [1.807, 2.05) is 24.9 Å². The Morgan fingerprint density at radius 1 is 1.59 bits per heavy atom. The Kier molecular flexibility index (Phi) is 3.19. The van der Waals surface area contributed by atoms with Crippen LogP contribution in [0.15, 0.2) is 12.4 Å². The Labute approximate surface area is 101 Å². The van der Waals surface area contributed by atoms with E-state index in [0.717, 1.165) is 25.3 Å². The Balaban J connectivity index is 2.20. The third-order valence-electron chi connectivity index (χ3n) is 3.64. The molecule has 2 heterocycles. The zero-order valence-corrected chi connectivity index (χ0v) is 10.4. The minimum Gasteiger partial charge on any atom is -0.480 e. The first-order chi connectivity index (χ1) is 8.08. The van der Waals surface area contributed by atoms with Crippen molar-refractivity contribution >= 4 is 5.97 Å². The standard InChI is InChI=1S/C12H19N3O2/c1-3-4-12(2,11(16)17)15-8-7-14-6-5-13-10(14)9-15/h5-6H,3-4,7-9H2,1-2H3,(H,16,17). The summed E-state index contributed by atoms with van der Waals surface area (Å²) in [5.74, 6) is 0.221. The number of carboxylic acid groups (broad SMARTS) is 1. The molecule has 1 unspecified atom stereocenters. The van der Waals surface area contributed by atoms with Gasteiger partial charge in [-0.05, 0) is 13.3 Å². The van der Waals surface area contributed by atoms with Gasteiger partial charge in [0, 0.05) is 25.5 Å². The number of hydrogen-bond acceptors (Lipinski definition) is 3. The number of fused-ring (bicyclic) bond motifs is 1. The van der Waals surface area contributed by atoms with Crippen molar-refractivity contribution in [2.45, 2.75) is 45.3 Å². The number of aromatic nitrogens is 2. The number of carboxylic acids is 1. The Bertz CT molecular complexity index is 416. The molecule has 0 saturated heterocycles. The highest BCUT2D eigenvalue weighted by Crippen LogP contribution is 2.26. The van der Waals surface area contributed by atoms with Crippen LogP contribution in [0.4, 0.5) is 0 Å². The van der Waals surface area contributed by atoms with E-state index in [1.165, 1.54) is 0 Å². The highest BCUT2D eigenvalue weighted by atomic mass is 16.4. The second kappa shape index (κ2) is 4.49. The first kappa shape index (κ1) is 12.1. The molecular formula is C12H19N3O2. The smallest absolute Gasteiger partial charge is 0.323 e. The van der Waals surface area contributed by atoms with Gasteiger partial charge in [0.05, 0.1) is 6.54 Å². The molecule has 1 aliphatic rings. The lowest BCUT2D eigenvalue weighted by atomic mass is 9.93. The van der Waals surface area contributed by atoms with Crippen molar-refractivity contribution in [3.63, 3.8) is 0 Å². The van der Waals surface area contributed by atoms with E-state index in [9.17, 15) is 9.90 Å². The van der Waals surface area contributed by atoms with Crippen LogP contribution in [-0.2, 0) is 17.9 Å². The maximum Gasteiger partial charge on any atom is 0.323 e. The van der Waals surface area contributed by atoms with Crippen LogP contribution < -0.4 is 0 Å². The van der Waals surface area contributed by atoms with Crippen LogP contribution >= 0.6 is 0 Å². The summed E-state index contributed by atoms with van der Waals surface area (Å²) in [4.78, 5) is 17.8. The van der Waals surface area contributed by atoms with E-state index in [-0.39, 0.29) is 0 Å². The SMILES string of the molecule is CCCC(C)(C(=O)O)N1CCn2ccnc2C1. The van der Waals surface area contributed by atoms with Gasteiger partial charge >= 0.3 is 5.97 Å². The zero-order chi connectivity index (χ0) is 12.5. The summed E-state index contributed by atoms with van der Waals surface area (Å²) >= 11 is 0. The molecule has 1 aliphatic heterocycles. The van der Waals surface area contributed by atoms with Gasteiger partial charge in [0.2, 0.25) is 0 Å². The Morgan fingerprint density at radius 2 is 2.35 bits per heavy atom. The molecule has 0 fully saturated rings. The summed E-state index contributed by atoms with van der Waals surface area (Å²) in [5, 5.41) is 9.45. The van der Waals surface area contributed by atoms with Crippen LogP contribution in [0.3, 0.4) is 0 Å². The summed E-state index contributed by atoms with van der Waals surface area (Å²) < 4.78 is 2.09. The number of hydrogen-bond donors (Lipinski definition) is 1. The number of imidazole rings is 1. The van der Waals surface area contributed by atoms with Crippen LogP contribution in [0, 0.1) is 0 Å². The molecule has 2 rings (SSSR count). The van der Waals surface area contributed by atoms with Crippen molar-refractivity contribution in [2.75, 3.05) is 6.54 Å². The molecule has 5 nitrogen and oxygen atoms in total. The molecular weight excluding hydrogens is 218 g/mol. The maximum absolute atomic E-state index is 11.5. The van der Waals surface area contributed by atoms with Gasteiger partial charge in [-0.3, -0.25) is 9.69 Å². The predicted molar refractivity (Wildman–Crippen MR) is 63.6 cm³/mol. The molecule has 1 aromatic heterocycles. The topological polar surface area (TPSA) is 58.4 Å². The van der Waals surface area contributed by atoms with Gasteiger partial charge in [0.15, 0.2) is 0 Å². The molecule has 0 saturated carbocycles. The monoisotopic (exact) mass is 237 g/mol. The molecule has 1 N–H and O–H groups in total. The quantitative estimate of drug-likeness (QED) is 0.858. The summed E-state index contributed by atoms with van der Waals surface area (Å²) in [5.41, 5.74) is -0.772. The highest BCUT2D eigenvalue weighted by molar-refractivity contribution is 5.78. The molecule has 0 bridgehead atoms. The van der Waals surface area contributed by atoms with Gasteiger partial charge in [-0.1, -0.05) is 13.3 Å². The van der Waals surface area contributed by atoms with Gasteiger partial charge < -0.3 is 9.67 Å². The minimum absolute atomic E-state index is 0.621. The zero-order valence-electron chi connectivity index (χ0n) is 10.4. The van der Waals surface area contributed by atoms with Crippen LogP contribution in [0.1, 0.15) is 32.5 Å². The van der Waals surface area contributed by atoms with E-state index in [2.05, 4.69) is 9.55 Å². The first-order valence-corrected chi connectivity index (χ1v) is 6.06. The maximum atomic E-state index is 11.5. The van der Waals surface area contributed by atoms with Gasteiger partial charge in [0.1, 0.15) is 11.4 Å². The van der Waals surface area contributed by atoms with Crippen LogP contribution in [0.5, 0.6) is 0 Å². The van der Waals surface area contributed by atoms with Crippen molar-refractivity contribution in [1.82, 2.24) is 14.5 Å². The molecule has 17 heavy (non-hydrogen) atoms. The lowest BCUT2D eigenvalue weighted by Crippen LogP contribution is -2.54. The predicted octanol–water partition coefficient (Wildman–Crippen LogP) is 1.34. The number of rotatable bonds is 4. The van der Waals surface area contributed by atoms with Crippen molar-refractivity contribution in [3.8, 4) is 0 Å². The van der Waals surface area contributed by atoms with Gasteiger partial charge in [-0.2, -0.15) is 0 Å². The molecule has 1 atom stereocenters.